The lowest BCUT2D eigenvalue weighted by molar-refractivity contribution is -0.139. The molecule has 1 unspecified atom stereocenters. The Balaban J connectivity index is 1.46. The van der Waals surface area contributed by atoms with Crippen LogP contribution in [-0.2, 0) is 23.9 Å². The standard InChI is InChI=1S/C26H31F3N6O2/c1-34-11-4-5-18(34)15-37-25-32-22-13-23(19-6-2-3-7-21(19)26(27,28)29)36-16-20(22)24(33-25)35-12-10-31-17(14-35)8-9-30/h2-3,6-7,17-18,23,31H,4-5,8,10-16H2,1H3/t17-,18+,23?/m0/s1. The van der Waals surface area contributed by atoms with Crippen LogP contribution in [0.5, 0.6) is 6.01 Å². The quantitative estimate of drug-likeness (QED) is 0.625. The van der Waals surface area contributed by atoms with E-state index >= 15 is 0 Å². The van der Waals surface area contributed by atoms with E-state index in [1.165, 1.54) is 12.1 Å². The van der Waals surface area contributed by atoms with Crippen molar-refractivity contribution in [2.24, 2.45) is 0 Å². The number of alkyl halides is 3. The maximum Gasteiger partial charge on any atom is 0.416 e. The number of piperazine rings is 1. The summed E-state index contributed by atoms with van der Waals surface area (Å²) in [5, 5.41) is 12.5. The predicted molar refractivity (Wildman–Crippen MR) is 130 cm³/mol. The van der Waals surface area contributed by atoms with Gasteiger partial charge in [0, 0.05) is 43.7 Å². The number of rotatable bonds is 6. The van der Waals surface area contributed by atoms with Crippen molar-refractivity contribution >= 4 is 5.82 Å². The molecule has 8 nitrogen and oxygen atoms in total. The Kier molecular flexibility index (Phi) is 7.51. The van der Waals surface area contributed by atoms with Crippen molar-refractivity contribution < 1.29 is 22.6 Å². The number of benzene rings is 1. The number of hydrogen-bond donors (Lipinski definition) is 1. The molecule has 4 heterocycles. The molecule has 1 N–H and O–H groups in total. The van der Waals surface area contributed by atoms with Gasteiger partial charge in [0.25, 0.3) is 0 Å². The van der Waals surface area contributed by atoms with Gasteiger partial charge in [-0.3, -0.25) is 0 Å². The van der Waals surface area contributed by atoms with E-state index in [2.05, 4.69) is 33.2 Å². The molecular weight excluding hydrogens is 485 g/mol. The molecule has 0 saturated carbocycles. The fraction of sp³-hybridized carbons (Fsp3) is 0.577. The maximum atomic E-state index is 13.7. The van der Waals surface area contributed by atoms with Crippen LogP contribution in [0.15, 0.2) is 24.3 Å². The number of likely N-dealkylation sites (tertiary alicyclic amines) is 1. The number of halogens is 3. The number of likely N-dealkylation sites (N-methyl/N-ethyl adjacent to an activating group) is 1. The third-order valence-electron chi connectivity index (χ3n) is 7.44. The second-order valence-corrected chi connectivity index (χ2v) is 9.89. The Morgan fingerprint density at radius 3 is 2.84 bits per heavy atom. The van der Waals surface area contributed by atoms with E-state index in [9.17, 15) is 13.2 Å². The summed E-state index contributed by atoms with van der Waals surface area (Å²) in [6.07, 6.45) is -2.56. The van der Waals surface area contributed by atoms with E-state index in [1.807, 2.05) is 0 Å². The minimum absolute atomic E-state index is 0.00297. The molecule has 1 aromatic carbocycles. The van der Waals surface area contributed by atoms with Crippen molar-refractivity contribution in [3.05, 3.63) is 46.6 Å². The Morgan fingerprint density at radius 2 is 2.08 bits per heavy atom. The van der Waals surface area contributed by atoms with Crippen LogP contribution in [0, 0.1) is 11.3 Å². The number of nitriles is 1. The lowest BCUT2D eigenvalue weighted by Gasteiger charge is -2.36. The average molecular weight is 517 g/mol. The lowest BCUT2D eigenvalue weighted by Crippen LogP contribution is -2.51. The molecule has 0 aliphatic carbocycles. The number of nitrogens with zero attached hydrogens (tertiary/aromatic N) is 5. The maximum absolute atomic E-state index is 13.7. The van der Waals surface area contributed by atoms with Crippen LogP contribution in [-0.4, -0.2) is 66.8 Å². The van der Waals surface area contributed by atoms with E-state index in [0.29, 0.717) is 44.2 Å². The molecular formula is C26H31F3N6O2. The highest BCUT2D eigenvalue weighted by Gasteiger charge is 2.37. The Labute approximate surface area is 214 Å². The second kappa shape index (κ2) is 10.8. The van der Waals surface area contributed by atoms with Gasteiger partial charge in [-0.05, 0) is 38.1 Å². The van der Waals surface area contributed by atoms with Crippen molar-refractivity contribution in [1.29, 1.82) is 5.26 Å². The van der Waals surface area contributed by atoms with Crippen LogP contribution in [0.1, 0.15) is 47.8 Å². The molecule has 0 amide bonds. The molecule has 1 aromatic heterocycles. The fourth-order valence-electron chi connectivity index (χ4n) is 5.42. The number of nitrogens with one attached hydrogen (secondary N) is 1. The third-order valence-corrected chi connectivity index (χ3v) is 7.44. The summed E-state index contributed by atoms with van der Waals surface area (Å²) in [6.45, 7) is 3.52. The second-order valence-electron chi connectivity index (χ2n) is 9.89. The molecule has 3 aliphatic heterocycles. The Morgan fingerprint density at radius 1 is 1.24 bits per heavy atom. The first-order chi connectivity index (χ1) is 17.8. The van der Waals surface area contributed by atoms with Crippen LogP contribution in [0.3, 0.4) is 0 Å². The van der Waals surface area contributed by atoms with Crippen LogP contribution in [0.25, 0.3) is 0 Å². The van der Waals surface area contributed by atoms with Gasteiger partial charge in [-0.1, -0.05) is 18.2 Å². The molecule has 3 aliphatic rings. The normalized spacial score (nSPS) is 24.5. The summed E-state index contributed by atoms with van der Waals surface area (Å²) in [5.41, 5.74) is 0.819. The monoisotopic (exact) mass is 516 g/mol. The van der Waals surface area contributed by atoms with Gasteiger partial charge < -0.3 is 24.6 Å². The highest BCUT2D eigenvalue weighted by atomic mass is 19.4. The smallest absolute Gasteiger partial charge is 0.416 e. The lowest BCUT2D eigenvalue weighted by atomic mass is 9.95. The summed E-state index contributed by atoms with van der Waals surface area (Å²) in [5.74, 6) is 0.673. The van der Waals surface area contributed by atoms with Crippen LogP contribution in [0.2, 0.25) is 0 Å². The molecule has 0 spiro atoms. The van der Waals surface area contributed by atoms with Crippen LogP contribution < -0.4 is 15.0 Å². The zero-order valence-corrected chi connectivity index (χ0v) is 20.8. The molecule has 3 atom stereocenters. The van der Waals surface area contributed by atoms with E-state index in [4.69, 9.17) is 19.7 Å². The van der Waals surface area contributed by atoms with Crippen molar-refractivity contribution in [2.75, 3.05) is 44.7 Å². The van der Waals surface area contributed by atoms with Gasteiger partial charge in [0.2, 0.25) is 0 Å². The zero-order chi connectivity index (χ0) is 26.0. The number of anilines is 1. The summed E-state index contributed by atoms with van der Waals surface area (Å²) in [4.78, 5) is 13.8. The van der Waals surface area contributed by atoms with Crippen molar-refractivity contribution in [2.45, 2.75) is 56.7 Å². The van der Waals surface area contributed by atoms with Crippen molar-refractivity contribution in [1.82, 2.24) is 20.2 Å². The molecule has 2 aromatic rings. The third kappa shape index (κ3) is 5.66. The number of ether oxygens (including phenoxy) is 2. The number of aromatic nitrogens is 2. The SMILES string of the molecule is CN1CCC[C@@H]1COc1nc2c(c(N3CCN[C@@H](CC#N)C3)n1)COC(c1ccccc1C(F)(F)F)C2. The topological polar surface area (TPSA) is 86.5 Å². The first kappa shape index (κ1) is 25.7. The highest BCUT2D eigenvalue weighted by Crippen LogP contribution is 2.40. The highest BCUT2D eigenvalue weighted by molar-refractivity contribution is 5.52. The van der Waals surface area contributed by atoms with Crippen LogP contribution in [0.4, 0.5) is 19.0 Å². The molecule has 0 bridgehead atoms. The van der Waals surface area contributed by atoms with E-state index in [-0.39, 0.29) is 36.7 Å². The fourth-order valence-corrected chi connectivity index (χ4v) is 5.42. The molecule has 0 radical (unpaired) electrons. The molecule has 198 valence electrons. The van der Waals surface area contributed by atoms with E-state index in [1.54, 1.807) is 6.07 Å². The van der Waals surface area contributed by atoms with Crippen molar-refractivity contribution in [3.8, 4) is 12.1 Å². The van der Waals surface area contributed by atoms with Crippen molar-refractivity contribution in [3.63, 3.8) is 0 Å². The Bertz CT molecular complexity index is 1150. The molecule has 2 fully saturated rings. The van der Waals surface area contributed by atoms with Gasteiger partial charge in [-0.2, -0.15) is 28.4 Å². The number of hydrogen-bond acceptors (Lipinski definition) is 8. The van der Waals surface area contributed by atoms with Crippen LogP contribution >= 0.6 is 0 Å². The first-order valence-corrected chi connectivity index (χ1v) is 12.7. The van der Waals surface area contributed by atoms with E-state index < -0.39 is 17.8 Å². The average Bonchev–Trinajstić information content (AvgIpc) is 3.31. The molecule has 11 heteroatoms. The summed E-state index contributed by atoms with van der Waals surface area (Å²) >= 11 is 0. The van der Waals surface area contributed by atoms with Gasteiger partial charge in [-0.15, -0.1) is 0 Å². The number of fused-ring (bicyclic) bond motifs is 1. The molecule has 5 rings (SSSR count). The summed E-state index contributed by atoms with van der Waals surface area (Å²) in [7, 11) is 2.07. The minimum atomic E-state index is -4.48. The minimum Gasteiger partial charge on any atom is -0.462 e. The van der Waals surface area contributed by atoms with Gasteiger partial charge in [-0.25, -0.2) is 0 Å². The zero-order valence-electron chi connectivity index (χ0n) is 20.8. The predicted octanol–water partition coefficient (Wildman–Crippen LogP) is 3.47. The Hall–Kier alpha value is -2.94. The van der Waals surface area contributed by atoms with Gasteiger partial charge in [0.15, 0.2) is 0 Å². The van der Waals surface area contributed by atoms with Gasteiger partial charge in [0.1, 0.15) is 12.4 Å². The molecule has 2 saturated heterocycles. The first-order valence-electron chi connectivity index (χ1n) is 12.7. The summed E-state index contributed by atoms with van der Waals surface area (Å²) < 4.78 is 53.2. The largest absolute Gasteiger partial charge is 0.462 e. The van der Waals surface area contributed by atoms with Gasteiger partial charge in [0.05, 0.1) is 36.5 Å². The summed E-state index contributed by atoms with van der Waals surface area (Å²) in [6, 6.07) is 8.25. The van der Waals surface area contributed by atoms with E-state index in [0.717, 1.165) is 31.0 Å². The molecule has 37 heavy (non-hydrogen) atoms. The van der Waals surface area contributed by atoms with Gasteiger partial charge >= 0.3 is 12.2 Å².